The fourth-order valence-electron chi connectivity index (χ4n) is 2.18. The number of thiophene rings is 1. The minimum atomic E-state index is 0.646. The molecule has 3 aromatic rings. The SMILES string of the molecule is CCc1nc(NCc2cccc(N(C)C)n2)c2ccsc2n1. The molecular weight excluding hydrogens is 294 g/mol. The number of hydrogen-bond acceptors (Lipinski definition) is 6. The molecule has 0 fully saturated rings. The van der Waals surface area contributed by atoms with E-state index in [0.717, 1.165) is 39.8 Å². The molecule has 0 aliphatic carbocycles. The monoisotopic (exact) mass is 313 g/mol. The van der Waals surface area contributed by atoms with Crippen molar-refractivity contribution in [1.82, 2.24) is 15.0 Å². The predicted molar refractivity (Wildman–Crippen MR) is 92.7 cm³/mol. The van der Waals surface area contributed by atoms with E-state index < -0.39 is 0 Å². The first kappa shape index (κ1) is 14.7. The highest BCUT2D eigenvalue weighted by Gasteiger charge is 2.08. The molecule has 22 heavy (non-hydrogen) atoms. The second kappa shape index (κ2) is 6.27. The highest BCUT2D eigenvalue weighted by Crippen LogP contribution is 2.25. The molecule has 0 saturated heterocycles. The number of nitrogens with zero attached hydrogens (tertiary/aromatic N) is 4. The van der Waals surface area contributed by atoms with Crippen LogP contribution in [0, 0.1) is 0 Å². The number of rotatable bonds is 5. The van der Waals surface area contributed by atoms with E-state index in [1.54, 1.807) is 11.3 Å². The lowest BCUT2D eigenvalue weighted by Gasteiger charge is -2.13. The van der Waals surface area contributed by atoms with Crippen molar-refractivity contribution in [2.24, 2.45) is 0 Å². The first-order valence-corrected chi connectivity index (χ1v) is 8.16. The van der Waals surface area contributed by atoms with E-state index in [4.69, 9.17) is 0 Å². The molecule has 1 N–H and O–H groups in total. The lowest BCUT2D eigenvalue weighted by Crippen LogP contribution is -2.12. The Balaban J connectivity index is 1.84. The highest BCUT2D eigenvalue weighted by molar-refractivity contribution is 7.16. The molecule has 3 heterocycles. The second-order valence-electron chi connectivity index (χ2n) is 5.22. The van der Waals surface area contributed by atoms with Crippen LogP contribution in [0.3, 0.4) is 0 Å². The Hall–Kier alpha value is -2.21. The molecule has 3 rings (SSSR count). The number of aryl methyl sites for hydroxylation is 1. The summed E-state index contributed by atoms with van der Waals surface area (Å²) in [6.45, 7) is 2.72. The first-order valence-electron chi connectivity index (χ1n) is 7.28. The van der Waals surface area contributed by atoms with E-state index in [0.29, 0.717) is 6.54 Å². The summed E-state index contributed by atoms with van der Waals surface area (Å²) in [5.74, 6) is 2.71. The van der Waals surface area contributed by atoms with Crippen molar-refractivity contribution in [3.05, 3.63) is 41.2 Å². The van der Waals surface area contributed by atoms with Crippen LogP contribution in [0.25, 0.3) is 10.2 Å². The lowest BCUT2D eigenvalue weighted by molar-refractivity contribution is 0.946. The van der Waals surface area contributed by atoms with Crippen LogP contribution in [-0.2, 0) is 13.0 Å². The third-order valence-corrected chi connectivity index (χ3v) is 4.18. The predicted octanol–water partition coefficient (Wildman–Crippen LogP) is 3.33. The largest absolute Gasteiger partial charge is 0.364 e. The molecule has 0 spiro atoms. The summed E-state index contributed by atoms with van der Waals surface area (Å²) in [4.78, 5) is 16.8. The quantitative estimate of drug-likeness (QED) is 0.783. The zero-order valence-electron chi connectivity index (χ0n) is 13.0. The summed E-state index contributed by atoms with van der Waals surface area (Å²) in [7, 11) is 3.98. The van der Waals surface area contributed by atoms with Gasteiger partial charge in [-0.25, -0.2) is 15.0 Å². The zero-order chi connectivity index (χ0) is 15.5. The summed E-state index contributed by atoms with van der Waals surface area (Å²) < 4.78 is 0. The van der Waals surface area contributed by atoms with Gasteiger partial charge < -0.3 is 10.2 Å². The maximum atomic E-state index is 4.62. The number of aromatic nitrogens is 3. The molecule has 0 radical (unpaired) electrons. The summed E-state index contributed by atoms with van der Waals surface area (Å²) in [5, 5.41) is 6.53. The van der Waals surface area contributed by atoms with Crippen LogP contribution in [0.1, 0.15) is 18.4 Å². The third kappa shape index (κ3) is 3.01. The fraction of sp³-hybridized carbons (Fsp3) is 0.312. The summed E-state index contributed by atoms with van der Waals surface area (Å²) in [6, 6.07) is 8.11. The number of nitrogens with one attached hydrogen (secondary N) is 1. The summed E-state index contributed by atoms with van der Waals surface area (Å²) >= 11 is 1.65. The minimum absolute atomic E-state index is 0.646. The molecule has 5 nitrogen and oxygen atoms in total. The summed E-state index contributed by atoms with van der Waals surface area (Å²) in [6.07, 6.45) is 0.830. The molecule has 0 aliphatic rings. The molecule has 0 saturated carbocycles. The van der Waals surface area contributed by atoms with Crippen molar-refractivity contribution in [1.29, 1.82) is 0 Å². The van der Waals surface area contributed by atoms with Crippen molar-refractivity contribution >= 4 is 33.2 Å². The zero-order valence-corrected chi connectivity index (χ0v) is 13.8. The number of hydrogen-bond donors (Lipinski definition) is 1. The van der Waals surface area contributed by atoms with Gasteiger partial charge in [0.2, 0.25) is 0 Å². The van der Waals surface area contributed by atoms with Gasteiger partial charge in [0.05, 0.1) is 17.6 Å². The Bertz CT molecular complexity index is 781. The second-order valence-corrected chi connectivity index (χ2v) is 6.11. The molecule has 0 bridgehead atoms. The third-order valence-electron chi connectivity index (χ3n) is 3.37. The summed E-state index contributed by atoms with van der Waals surface area (Å²) in [5.41, 5.74) is 0.992. The van der Waals surface area contributed by atoms with Gasteiger partial charge in [-0.15, -0.1) is 11.3 Å². The van der Waals surface area contributed by atoms with Gasteiger partial charge in [0.15, 0.2) is 0 Å². The molecule has 6 heteroatoms. The van der Waals surface area contributed by atoms with Gasteiger partial charge >= 0.3 is 0 Å². The molecule has 3 aromatic heterocycles. The van der Waals surface area contributed by atoms with Crippen LogP contribution in [0.15, 0.2) is 29.6 Å². The van der Waals surface area contributed by atoms with E-state index in [2.05, 4.69) is 38.6 Å². The van der Waals surface area contributed by atoms with Crippen LogP contribution in [-0.4, -0.2) is 29.0 Å². The van der Waals surface area contributed by atoms with Crippen LogP contribution in [0.2, 0.25) is 0 Å². The van der Waals surface area contributed by atoms with Gasteiger partial charge in [0.25, 0.3) is 0 Å². The fourth-order valence-corrected chi connectivity index (χ4v) is 2.96. The van der Waals surface area contributed by atoms with E-state index in [1.165, 1.54) is 0 Å². The number of fused-ring (bicyclic) bond motifs is 1. The van der Waals surface area contributed by atoms with Crippen LogP contribution in [0.4, 0.5) is 11.6 Å². The van der Waals surface area contributed by atoms with Crippen LogP contribution >= 0.6 is 11.3 Å². The van der Waals surface area contributed by atoms with Gasteiger partial charge in [0, 0.05) is 20.5 Å². The van der Waals surface area contributed by atoms with E-state index in [1.807, 2.05) is 37.2 Å². The van der Waals surface area contributed by atoms with E-state index >= 15 is 0 Å². The van der Waals surface area contributed by atoms with Gasteiger partial charge in [-0.1, -0.05) is 13.0 Å². The van der Waals surface area contributed by atoms with Crippen LogP contribution in [0.5, 0.6) is 0 Å². The van der Waals surface area contributed by atoms with E-state index in [-0.39, 0.29) is 0 Å². The maximum Gasteiger partial charge on any atom is 0.138 e. The van der Waals surface area contributed by atoms with Gasteiger partial charge in [-0.2, -0.15) is 0 Å². The van der Waals surface area contributed by atoms with Crippen molar-refractivity contribution in [3.8, 4) is 0 Å². The Morgan fingerprint density at radius 3 is 2.77 bits per heavy atom. The molecule has 0 unspecified atom stereocenters. The lowest BCUT2D eigenvalue weighted by atomic mass is 10.3. The van der Waals surface area contributed by atoms with E-state index in [9.17, 15) is 0 Å². The van der Waals surface area contributed by atoms with Gasteiger partial charge in [-0.3, -0.25) is 0 Å². The average Bonchev–Trinajstić information content (AvgIpc) is 3.01. The smallest absolute Gasteiger partial charge is 0.138 e. The Morgan fingerprint density at radius 2 is 2.00 bits per heavy atom. The van der Waals surface area contributed by atoms with Crippen molar-refractivity contribution in [3.63, 3.8) is 0 Å². The van der Waals surface area contributed by atoms with Gasteiger partial charge in [-0.05, 0) is 23.6 Å². The topological polar surface area (TPSA) is 53.9 Å². The molecule has 114 valence electrons. The standard InChI is InChI=1S/C16H19N5S/c1-4-13-19-15(12-8-9-22-16(12)20-13)17-10-11-6-5-7-14(18-11)21(2)3/h5-9H,4,10H2,1-3H3,(H,17,19,20). The molecule has 0 amide bonds. The van der Waals surface area contributed by atoms with Crippen LogP contribution < -0.4 is 10.2 Å². The number of anilines is 2. The van der Waals surface area contributed by atoms with Gasteiger partial charge in [0.1, 0.15) is 22.3 Å². The van der Waals surface area contributed by atoms with Crippen molar-refractivity contribution in [2.45, 2.75) is 19.9 Å². The maximum absolute atomic E-state index is 4.62. The normalized spacial score (nSPS) is 10.9. The Kier molecular flexibility index (Phi) is 4.20. The Labute approximate surface area is 134 Å². The molecule has 0 aliphatic heterocycles. The highest BCUT2D eigenvalue weighted by atomic mass is 32.1. The molecular formula is C16H19N5S. The number of pyridine rings is 1. The average molecular weight is 313 g/mol. The van der Waals surface area contributed by atoms with Crippen molar-refractivity contribution < 1.29 is 0 Å². The van der Waals surface area contributed by atoms with Crippen molar-refractivity contribution in [2.75, 3.05) is 24.3 Å². The Morgan fingerprint density at radius 1 is 1.14 bits per heavy atom. The minimum Gasteiger partial charge on any atom is -0.364 e. The first-order chi connectivity index (χ1) is 10.7. The molecule has 0 atom stereocenters. The molecule has 0 aromatic carbocycles.